The first-order valence-electron chi connectivity index (χ1n) is 9.66. The molecule has 1 saturated heterocycles. The monoisotopic (exact) mass is 348 g/mol. The van der Waals surface area contributed by atoms with Crippen molar-refractivity contribution in [1.29, 1.82) is 0 Å². The lowest BCUT2D eigenvalue weighted by molar-refractivity contribution is -0.160. The van der Waals surface area contributed by atoms with Crippen LogP contribution < -0.4 is 5.32 Å². The van der Waals surface area contributed by atoms with Crippen LogP contribution in [-0.2, 0) is 19.1 Å². The van der Waals surface area contributed by atoms with E-state index in [2.05, 4.69) is 10.1 Å². The van der Waals surface area contributed by atoms with Crippen molar-refractivity contribution in [2.45, 2.75) is 57.4 Å². The highest BCUT2D eigenvalue weighted by atomic mass is 16.5. The molecule has 2 amide bonds. The van der Waals surface area contributed by atoms with E-state index in [-0.39, 0.29) is 23.8 Å². The summed E-state index contributed by atoms with van der Waals surface area (Å²) in [6.45, 7) is 0.530. The minimum atomic E-state index is -0.467. The van der Waals surface area contributed by atoms with Gasteiger partial charge in [-0.15, -0.1) is 0 Å². The Morgan fingerprint density at radius 2 is 1.68 bits per heavy atom. The summed E-state index contributed by atoms with van der Waals surface area (Å²) >= 11 is 0. The number of carbonyl (C=O) groups excluding carboxylic acids is 3. The number of hydrogen-bond acceptors (Lipinski definition) is 4. The van der Waals surface area contributed by atoms with Crippen LogP contribution in [0.25, 0.3) is 0 Å². The number of carbonyl (C=O) groups is 3. The Labute approximate surface area is 148 Å². The molecule has 0 spiro atoms. The molecule has 5 fully saturated rings. The highest BCUT2D eigenvalue weighted by Gasteiger charge is 2.56. The molecule has 5 rings (SSSR count). The van der Waals surface area contributed by atoms with E-state index in [0.717, 1.165) is 25.7 Å². The van der Waals surface area contributed by atoms with E-state index in [4.69, 9.17) is 0 Å². The van der Waals surface area contributed by atoms with Gasteiger partial charge in [0.05, 0.1) is 12.5 Å². The van der Waals surface area contributed by atoms with Crippen molar-refractivity contribution in [1.82, 2.24) is 10.2 Å². The topological polar surface area (TPSA) is 75.7 Å². The van der Waals surface area contributed by atoms with Crippen molar-refractivity contribution < 1.29 is 19.1 Å². The predicted octanol–water partition coefficient (Wildman–Crippen LogP) is 1.48. The van der Waals surface area contributed by atoms with Gasteiger partial charge >= 0.3 is 5.97 Å². The first-order valence-corrected chi connectivity index (χ1v) is 9.66. The Hall–Kier alpha value is -1.59. The van der Waals surface area contributed by atoms with Crippen molar-refractivity contribution >= 4 is 17.8 Å². The van der Waals surface area contributed by atoms with Gasteiger partial charge in [0.15, 0.2) is 0 Å². The second-order valence-corrected chi connectivity index (χ2v) is 8.65. The Balaban J connectivity index is 1.46. The second kappa shape index (κ2) is 6.29. The van der Waals surface area contributed by atoms with Crippen LogP contribution in [0, 0.1) is 23.2 Å². The normalized spacial score (nSPS) is 38.7. The maximum absolute atomic E-state index is 13.5. The maximum atomic E-state index is 13.5. The van der Waals surface area contributed by atoms with E-state index in [1.165, 1.54) is 26.4 Å². The third-order valence-corrected chi connectivity index (χ3v) is 6.94. The standard InChI is InChI=1S/C19H28N2O4/c1-25-16(22)11-20-17(23)15-3-2-4-21(15)18(24)19-8-12-5-13(9-19)7-14(6-12)10-19/h12-15H,2-11H2,1H3,(H,20,23). The molecule has 138 valence electrons. The number of methoxy groups -OCH3 is 1. The molecule has 6 heteroatoms. The van der Waals surface area contributed by atoms with Gasteiger partial charge in [0.25, 0.3) is 0 Å². The average Bonchev–Trinajstić information content (AvgIpc) is 3.07. The molecule has 4 saturated carbocycles. The first-order chi connectivity index (χ1) is 12.0. The fourth-order valence-electron chi connectivity index (χ4n) is 6.31. The fraction of sp³-hybridized carbons (Fsp3) is 0.842. The Kier molecular flexibility index (Phi) is 4.24. The molecule has 25 heavy (non-hydrogen) atoms. The first kappa shape index (κ1) is 16.9. The van der Waals surface area contributed by atoms with Gasteiger partial charge in [-0.25, -0.2) is 0 Å². The average molecular weight is 348 g/mol. The van der Waals surface area contributed by atoms with Crippen LogP contribution in [-0.4, -0.2) is 48.9 Å². The van der Waals surface area contributed by atoms with Crippen molar-refractivity contribution in [2.24, 2.45) is 23.2 Å². The van der Waals surface area contributed by atoms with E-state index in [0.29, 0.717) is 30.7 Å². The van der Waals surface area contributed by atoms with Gasteiger partial charge in [0, 0.05) is 6.54 Å². The lowest BCUT2D eigenvalue weighted by atomic mass is 9.49. The minimum Gasteiger partial charge on any atom is -0.468 e. The molecule has 0 aromatic rings. The molecule has 0 radical (unpaired) electrons. The largest absolute Gasteiger partial charge is 0.468 e. The van der Waals surface area contributed by atoms with Crippen LogP contribution in [0.4, 0.5) is 0 Å². The van der Waals surface area contributed by atoms with Crippen LogP contribution in [0.3, 0.4) is 0 Å². The van der Waals surface area contributed by atoms with Crippen molar-refractivity contribution in [2.75, 3.05) is 20.2 Å². The molecule has 4 aliphatic carbocycles. The second-order valence-electron chi connectivity index (χ2n) is 8.65. The number of nitrogens with one attached hydrogen (secondary N) is 1. The van der Waals surface area contributed by atoms with Gasteiger partial charge in [-0.3, -0.25) is 14.4 Å². The number of hydrogen-bond donors (Lipinski definition) is 1. The number of amides is 2. The van der Waals surface area contributed by atoms with Crippen LogP contribution in [0.15, 0.2) is 0 Å². The molecule has 1 aliphatic heterocycles. The minimum absolute atomic E-state index is 0.134. The van der Waals surface area contributed by atoms with E-state index >= 15 is 0 Å². The molecule has 1 N–H and O–H groups in total. The van der Waals surface area contributed by atoms with Crippen molar-refractivity contribution in [3.8, 4) is 0 Å². The Bertz CT molecular complexity index is 553. The van der Waals surface area contributed by atoms with Crippen LogP contribution in [0.5, 0.6) is 0 Å². The molecule has 4 bridgehead atoms. The Morgan fingerprint density at radius 3 is 2.24 bits per heavy atom. The summed E-state index contributed by atoms with van der Waals surface area (Å²) in [6, 6.07) is -0.426. The van der Waals surface area contributed by atoms with Crippen molar-refractivity contribution in [3.63, 3.8) is 0 Å². The maximum Gasteiger partial charge on any atom is 0.325 e. The lowest BCUT2D eigenvalue weighted by Crippen LogP contribution is -2.57. The SMILES string of the molecule is COC(=O)CNC(=O)C1CCCN1C(=O)C12CC3CC(CC(C3)C1)C2. The summed E-state index contributed by atoms with van der Waals surface area (Å²) in [4.78, 5) is 39.0. The van der Waals surface area contributed by atoms with E-state index in [1.54, 1.807) is 0 Å². The van der Waals surface area contributed by atoms with Gasteiger partial charge in [-0.2, -0.15) is 0 Å². The number of likely N-dealkylation sites (tertiary alicyclic amines) is 1. The fourth-order valence-corrected chi connectivity index (χ4v) is 6.31. The molecular formula is C19H28N2O4. The van der Waals surface area contributed by atoms with Crippen LogP contribution in [0.2, 0.25) is 0 Å². The molecule has 0 aromatic heterocycles. The third-order valence-electron chi connectivity index (χ3n) is 6.94. The molecule has 0 aromatic carbocycles. The predicted molar refractivity (Wildman–Crippen MR) is 90.4 cm³/mol. The third kappa shape index (κ3) is 2.93. The number of rotatable bonds is 4. The van der Waals surface area contributed by atoms with Gasteiger partial charge in [-0.1, -0.05) is 0 Å². The zero-order valence-corrected chi connectivity index (χ0v) is 15.0. The van der Waals surface area contributed by atoms with Gasteiger partial charge in [0.1, 0.15) is 12.6 Å². The summed E-state index contributed by atoms with van der Waals surface area (Å²) in [5.41, 5.74) is -0.208. The molecule has 5 aliphatic rings. The Morgan fingerprint density at radius 1 is 1.08 bits per heavy atom. The molecule has 6 nitrogen and oxygen atoms in total. The van der Waals surface area contributed by atoms with E-state index < -0.39 is 12.0 Å². The quantitative estimate of drug-likeness (QED) is 0.781. The smallest absolute Gasteiger partial charge is 0.325 e. The van der Waals surface area contributed by atoms with Gasteiger partial charge in [0.2, 0.25) is 11.8 Å². The number of ether oxygens (including phenoxy) is 1. The summed E-state index contributed by atoms with van der Waals surface area (Å²) in [5, 5.41) is 2.63. The summed E-state index contributed by atoms with van der Waals surface area (Å²) < 4.78 is 4.57. The summed E-state index contributed by atoms with van der Waals surface area (Å²) in [6.07, 6.45) is 8.50. The van der Waals surface area contributed by atoms with Gasteiger partial charge < -0.3 is 15.0 Å². The number of esters is 1. The molecule has 1 atom stereocenters. The zero-order chi connectivity index (χ0) is 17.6. The van der Waals surface area contributed by atoms with Crippen molar-refractivity contribution in [3.05, 3.63) is 0 Å². The highest BCUT2D eigenvalue weighted by molar-refractivity contribution is 5.92. The van der Waals surface area contributed by atoms with Crippen LogP contribution >= 0.6 is 0 Å². The van der Waals surface area contributed by atoms with Crippen LogP contribution in [0.1, 0.15) is 51.4 Å². The molecular weight excluding hydrogens is 320 g/mol. The molecule has 1 unspecified atom stereocenters. The molecule has 1 heterocycles. The number of nitrogens with zero attached hydrogens (tertiary/aromatic N) is 1. The zero-order valence-electron chi connectivity index (χ0n) is 15.0. The highest BCUT2D eigenvalue weighted by Crippen LogP contribution is 2.60. The summed E-state index contributed by atoms with van der Waals surface area (Å²) in [7, 11) is 1.30. The lowest BCUT2D eigenvalue weighted by Gasteiger charge is -2.56. The summed E-state index contributed by atoms with van der Waals surface area (Å²) in [5.74, 6) is 1.66. The van der Waals surface area contributed by atoms with E-state index in [1.807, 2.05) is 4.90 Å². The van der Waals surface area contributed by atoms with E-state index in [9.17, 15) is 14.4 Å². The van der Waals surface area contributed by atoms with Gasteiger partial charge in [-0.05, 0) is 69.1 Å².